The number of thiophene rings is 1. The Hall–Kier alpha value is -0.370. The van der Waals surface area contributed by atoms with Crippen molar-refractivity contribution in [3.05, 3.63) is 21.1 Å². The molecule has 0 aliphatic carbocycles. The summed E-state index contributed by atoms with van der Waals surface area (Å²) in [7, 11) is 0. The van der Waals surface area contributed by atoms with Gasteiger partial charge in [0.15, 0.2) is 0 Å². The van der Waals surface area contributed by atoms with E-state index in [2.05, 4.69) is 13.8 Å². The van der Waals surface area contributed by atoms with Gasteiger partial charge in [0.25, 0.3) is 0 Å². The lowest BCUT2D eigenvalue weighted by atomic mass is 10.1. The molecule has 0 radical (unpaired) electrons. The van der Waals surface area contributed by atoms with Crippen molar-refractivity contribution in [1.82, 2.24) is 0 Å². The summed E-state index contributed by atoms with van der Waals surface area (Å²) in [5.41, 5.74) is 0.851. The molecule has 0 bridgehead atoms. The lowest BCUT2D eigenvalue weighted by Crippen LogP contribution is -1.88. The van der Waals surface area contributed by atoms with E-state index in [0.717, 1.165) is 10.4 Å². The lowest BCUT2D eigenvalue weighted by Gasteiger charge is -2.01. The quantitative estimate of drug-likeness (QED) is 0.632. The third-order valence-electron chi connectivity index (χ3n) is 2.18. The zero-order valence-electron chi connectivity index (χ0n) is 10.9. The molecule has 0 unspecified atom stereocenters. The Morgan fingerprint density at radius 1 is 0.933 bits per heavy atom. The highest BCUT2D eigenvalue weighted by Crippen LogP contribution is 2.35. The molecule has 0 N–H and O–H groups in total. The Morgan fingerprint density at radius 2 is 1.33 bits per heavy atom. The number of rotatable bonds is 2. The van der Waals surface area contributed by atoms with Gasteiger partial charge in [-0.05, 0) is 24.3 Å². The zero-order valence-corrected chi connectivity index (χ0v) is 11.8. The van der Waals surface area contributed by atoms with Crippen LogP contribution < -0.4 is 0 Å². The highest BCUT2D eigenvalue weighted by atomic mass is 32.1. The molecule has 0 saturated heterocycles. The van der Waals surface area contributed by atoms with E-state index in [1.54, 1.807) is 11.3 Å². The van der Waals surface area contributed by atoms with Crippen LogP contribution in [0.1, 0.15) is 68.7 Å². The van der Waals surface area contributed by atoms with Crippen LogP contribution in [0, 0.1) is 12.7 Å². The van der Waals surface area contributed by atoms with E-state index in [0.29, 0.717) is 11.8 Å². The number of hydrogen-bond acceptors (Lipinski definition) is 1. The molecular formula is C13H23FS. The molecule has 0 amide bonds. The smallest absolute Gasteiger partial charge is 0.140 e. The SMILES string of the molecule is CC.Cc1c(C(C)C)sc(C(C)C)c1F. The van der Waals surface area contributed by atoms with Crippen molar-refractivity contribution in [1.29, 1.82) is 0 Å². The van der Waals surface area contributed by atoms with Crippen LogP contribution in [0.3, 0.4) is 0 Å². The number of halogens is 1. The highest BCUT2D eigenvalue weighted by molar-refractivity contribution is 7.12. The topological polar surface area (TPSA) is 0 Å². The summed E-state index contributed by atoms with van der Waals surface area (Å²) in [6, 6.07) is 0. The largest absolute Gasteiger partial charge is 0.205 e. The normalized spacial score (nSPS) is 10.5. The van der Waals surface area contributed by atoms with E-state index in [9.17, 15) is 4.39 Å². The first-order chi connectivity index (χ1) is 6.95. The summed E-state index contributed by atoms with van der Waals surface area (Å²) in [6.07, 6.45) is 0. The molecule has 88 valence electrons. The molecule has 2 heteroatoms. The zero-order chi connectivity index (χ0) is 12.2. The third kappa shape index (κ3) is 3.30. The van der Waals surface area contributed by atoms with Crippen molar-refractivity contribution in [3.8, 4) is 0 Å². The molecule has 0 saturated carbocycles. The summed E-state index contributed by atoms with van der Waals surface area (Å²) >= 11 is 1.63. The van der Waals surface area contributed by atoms with Crippen LogP contribution in [0.2, 0.25) is 0 Å². The predicted octanol–water partition coefficient (Wildman–Crippen LogP) is 5.47. The fraction of sp³-hybridized carbons (Fsp3) is 0.692. The minimum Gasteiger partial charge on any atom is -0.205 e. The van der Waals surface area contributed by atoms with Gasteiger partial charge >= 0.3 is 0 Å². The van der Waals surface area contributed by atoms with E-state index in [1.807, 2.05) is 34.6 Å². The Kier molecular flexibility index (Phi) is 6.11. The molecule has 15 heavy (non-hydrogen) atoms. The van der Waals surface area contributed by atoms with Crippen LogP contribution in [0.25, 0.3) is 0 Å². The second-order valence-corrected chi connectivity index (χ2v) is 5.16. The number of hydrogen-bond donors (Lipinski definition) is 0. The Labute approximate surface area is 97.5 Å². The second-order valence-electron chi connectivity index (χ2n) is 4.08. The molecule has 1 rings (SSSR count). The van der Waals surface area contributed by atoms with Crippen molar-refractivity contribution < 1.29 is 4.39 Å². The highest BCUT2D eigenvalue weighted by Gasteiger charge is 2.18. The first kappa shape index (κ1) is 14.6. The lowest BCUT2D eigenvalue weighted by molar-refractivity contribution is 0.598. The van der Waals surface area contributed by atoms with Crippen LogP contribution >= 0.6 is 11.3 Å². The maximum absolute atomic E-state index is 13.6. The van der Waals surface area contributed by atoms with Gasteiger partial charge in [0.05, 0.1) is 0 Å². The van der Waals surface area contributed by atoms with E-state index in [-0.39, 0.29) is 5.82 Å². The van der Waals surface area contributed by atoms with Gasteiger partial charge < -0.3 is 0 Å². The van der Waals surface area contributed by atoms with E-state index < -0.39 is 0 Å². The maximum Gasteiger partial charge on any atom is 0.140 e. The van der Waals surface area contributed by atoms with Crippen molar-refractivity contribution in [2.24, 2.45) is 0 Å². The summed E-state index contributed by atoms with van der Waals surface area (Å²) < 4.78 is 13.6. The molecular weight excluding hydrogens is 207 g/mol. The molecule has 0 fully saturated rings. The Morgan fingerprint density at radius 3 is 1.53 bits per heavy atom. The summed E-state index contributed by atoms with van der Waals surface area (Å²) in [4.78, 5) is 2.10. The first-order valence-corrected chi connectivity index (χ1v) is 6.55. The molecule has 1 aromatic heterocycles. The standard InChI is InChI=1S/C11H17FS.C2H6/c1-6(2)10-8(5)9(12)11(13-10)7(3)4;1-2/h6-7H,1-5H3;1-2H3. The second kappa shape index (κ2) is 6.26. The van der Waals surface area contributed by atoms with Crippen molar-refractivity contribution in [2.45, 2.75) is 60.3 Å². The van der Waals surface area contributed by atoms with Crippen LogP contribution in [-0.4, -0.2) is 0 Å². The molecule has 0 atom stereocenters. The van der Waals surface area contributed by atoms with Gasteiger partial charge in [-0.1, -0.05) is 41.5 Å². The van der Waals surface area contributed by atoms with E-state index in [1.165, 1.54) is 4.88 Å². The maximum atomic E-state index is 13.6. The van der Waals surface area contributed by atoms with Crippen molar-refractivity contribution in [3.63, 3.8) is 0 Å². The van der Waals surface area contributed by atoms with Gasteiger partial charge in [0, 0.05) is 9.75 Å². The van der Waals surface area contributed by atoms with Gasteiger partial charge in [-0.3, -0.25) is 0 Å². The monoisotopic (exact) mass is 230 g/mol. The minimum atomic E-state index is 0.0173. The molecule has 0 nitrogen and oxygen atoms in total. The molecule has 0 aliphatic heterocycles. The Balaban J connectivity index is 0.000000921. The van der Waals surface area contributed by atoms with Crippen LogP contribution in [0.5, 0.6) is 0 Å². The average molecular weight is 230 g/mol. The molecule has 0 aromatic carbocycles. The fourth-order valence-corrected chi connectivity index (χ4v) is 2.65. The van der Waals surface area contributed by atoms with Gasteiger partial charge in [-0.25, -0.2) is 4.39 Å². The van der Waals surface area contributed by atoms with Gasteiger partial charge in [0.1, 0.15) is 5.82 Å². The molecule has 0 aliphatic rings. The first-order valence-electron chi connectivity index (χ1n) is 5.73. The van der Waals surface area contributed by atoms with E-state index in [4.69, 9.17) is 0 Å². The summed E-state index contributed by atoms with van der Waals surface area (Å²) in [5, 5.41) is 0. The summed E-state index contributed by atoms with van der Waals surface area (Å²) in [6.45, 7) is 14.2. The van der Waals surface area contributed by atoms with Gasteiger partial charge in [-0.2, -0.15) is 0 Å². The molecule has 1 aromatic rings. The molecule has 1 heterocycles. The van der Waals surface area contributed by atoms with Gasteiger partial charge in [-0.15, -0.1) is 11.3 Å². The third-order valence-corrected chi connectivity index (χ3v) is 4.05. The van der Waals surface area contributed by atoms with E-state index >= 15 is 0 Å². The van der Waals surface area contributed by atoms with Crippen molar-refractivity contribution >= 4 is 11.3 Å². The Bertz CT molecular complexity index is 269. The minimum absolute atomic E-state index is 0.0173. The fourth-order valence-electron chi connectivity index (χ4n) is 1.45. The molecule has 0 spiro atoms. The average Bonchev–Trinajstić information content (AvgIpc) is 2.47. The summed E-state index contributed by atoms with van der Waals surface area (Å²) in [5.74, 6) is 0.756. The van der Waals surface area contributed by atoms with Crippen molar-refractivity contribution in [2.75, 3.05) is 0 Å². The van der Waals surface area contributed by atoms with Crippen LogP contribution in [-0.2, 0) is 0 Å². The predicted molar refractivity (Wildman–Crippen MR) is 68.5 cm³/mol. The van der Waals surface area contributed by atoms with Gasteiger partial charge in [0.2, 0.25) is 0 Å². The van der Waals surface area contributed by atoms with Crippen LogP contribution in [0.15, 0.2) is 0 Å². The van der Waals surface area contributed by atoms with Crippen LogP contribution in [0.4, 0.5) is 4.39 Å².